The van der Waals surface area contributed by atoms with E-state index in [1.54, 1.807) is 7.11 Å². The maximum Gasteiger partial charge on any atom is 0.119 e. The van der Waals surface area contributed by atoms with Crippen LogP contribution in [0.15, 0.2) is 24.3 Å². The number of hydrogen-bond donors (Lipinski definition) is 0. The van der Waals surface area contributed by atoms with E-state index in [2.05, 4.69) is 35.8 Å². The maximum atomic E-state index is 5.83. The molecule has 0 aliphatic carbocycles. The van der Waals surface area contributed by atoms with Gasteiger partial charge < -0.3 is 14.4 Å². The van der Waals surface area contributed by atoms with Gasteiger partial charge in [0.1, 0.15) is 5.75 Å². The van der Waals surface area contributed by atoms with Gasteiger partial charge in [-0.15, -0.1) is 0 Å². The van der Waals surface area contributed by atoms with Crippen LogP contribution >= 0.6 is 0 Å². The van der Waals surface area contributed by atoms with Gasteiger partial charge in [0, 0.05) is 45.9 Å². The fourth-order valence-electron chi connectivity index (χ4n) is 3.00. The van der Waals surface area contributed by atoms with Gasteiger partial charge in [0.15, 0.2) is 0 Å². The van der Waals surface area contributed by atoms with E-state index < -0.39 is 0 Å². The largest absolute Gasteiger partial charge is 0.494 e. The Morgan fingerprint density at radius 3 is 2.77 bits per heavy atom. The minimum atomic E-state index is 0.613. The van der Waals surface area contributed by atoms with Gasteiger partial charge in [0.25, 0.3) is 0 Å². The minimum absolute atomic E-state index is 0.613. The first-order chi connectivity index (χ1) is 10.7. The zero-order valence-corrected chi connectivity index (χ0v) is 14.3. The quantitative estimate of drug-likeness (QED) is 0.689. The van der Waals surface area contributed by atoms with Gasteiger partial charge in [0.05, 0.1) is 13.2 Å². The summed E-state index contributed by atoms with van der Waals surface area (Å²) in [5, 5.41) is 0. The van der Waals surface area contributed by atoms with E-state index in [0.29, 0.717) is 6.04 Å². The lowest BCUT2D eigenvalue weighted by Gasteiger charge is -2.39. The molecule has 1 heterocycles. The highest BCUT2D eigenvalue weighted by Crippen LogP contribution is 2.13. The second-order valence-corrected chi connectivity index (χ2v) is 6.20. The van der Waals surface area contributed by atoms with Crippen LogP contribution in [-0.4, -0.2) is 68.9 Å². The fraction of sp³-hybridized carbons (Fsp3) is 0.667. The molecule has 0 unspecified atom stereocenters. The molecule has 1 aromatic carbocycles. The number of ether oxygens (including phenoxy) is 2. The summed E-state index contributed by atoms with van der Waals surface area (Å²) in [5.41, 5.74) is 1.25. The van der Waals surface area contributed by atoms with Gasteiger partial charge in [-0.3, -0.25) is 4.90 Å². The van der Waals surface area contributed by atoms with E-state index >= 15 is 0 Å². The first kappa shape index (κ1) is 17.3. The molecule has 22 heavy (non-hydrogen) atoms. The molecular weight excluding hydrogens is 276 g/mol. The summed E-state index contributed by atoms with van der Waals surface area (Å²) in [7, 11) is 1.77. The molecule has 0 spiro atoms. The first-order valence-corrected chi connectivity index (χ1v) is 8.34. The highest BCUT2D eigenvalue weighted by atomic mass is 16.5. The molecule has 0 bridgehead atoms. The summed E-state index contributed by atoms with van der Waals surface area (Å²) >= 11 is 0. The molecule has 124 valence electrons. The first-order valence-electron chi connectivity index (χ1n) is 8.34. The van der Waals surface area contributed by atoms with E-state index in [9.17, 15) is 0 Å². The van der Waals surface area contributed by atoms with Gasteiger partial charge in [-0.05, 0) is 38.0 Å². The van der Waals surface area contributed by atoms with Crippen molar-refractivity contribution in [3.63, 3.8) is 0 Å². The molecule has 1 aliphatic heterocycles. The average Bonchev–Trinajstić information content (AvgIpc) is 2.51. The van der Waals surface area contributed by atoms with E-state index in [4.69, 9.17) is 9.47 Å². The predicted molar refractivity (Wildman–Crippen MR) is 90.6 cm³/mol. The van der Waals surface area contributed by atoms with Crippen molar-refractivity contribution in [2.75, 3.05) is 53.0 Å². The van der Waals surface area contributed by atoms with Gasteiger partial charge in [-0.2, -0.15) is 0 Å². The molecular formula is C18H30N2O2. The molecule has 1 atom stereocenters. The fourth-order valence-corrected chi connectivity index (χ4v) is 3.00. The molecule has 1 saturated heterocycles. The summed E-state index contributed by atoms with van der Waals surface area (Å²) in [6, 6.07) is 8.88. The summed E-state index contributed by atoms with van der Waals surface area (Å²) in [6.45, 7) is 11.6. The highest BCUT2D eigenvalue weighted by Gasteiger charge is 2.22. The molecule has 0 amide bonds. The van der Waals surface area contributed by atoms with E-state index in [-0.39, 0.29) is 0 Å². The molecule has 1 aliphatic rings. The second kappa shape index (κ2) is 9.13. The molecule has 2 rings (SSSR count). The molecule has 0 N–H and O–H groups in total. The lowest BCUT2D eigenvalue weighted by molar-refractivity contribution is 0.0569. The van der Waals surface area contributed by atoms with E-state index in [0.717, 1.165) is 58.1 Å². The number of nitrogens with zero attached hydrogens (tertiary/aromatic N) is 2. The third-order valence-corrected chi connectivity index (χ3v) is 4.31. The van der Waals surface area contributed by atoms with Crippen LogP contribution in [0.25, 0.3) is 0 Å². The number of piperazine rings is 1. The van der Waals surface area contributed by atoms with Crippen molar-refractivity contribution in [1.82, 2.24) is 9.80 Å². The lowest BCUT2D eigenvalue weighted by atomic mass is 10.2. The Morgan fingerprint density at radius 1 is 1.18 bits per heavy atom. The monoisotopic (exact) mass is 306 g/mol. The number of methoxy groups -OCH3 is 1. The lowest BCUT2D eigenvalue weighted by Crippen LogP contribution is -2.52. The van der Waals surface area contributed by atoms with Crippen LogP contribution in [0.5, 0.6) is 5.75 Å². The third kappa shape index (κ3) is 5.59. The number of hydrogen-bond acceptors (Lipinski definition) is 4. The van der Waals surface area contributed by atoms with Gasteiger partial charge in [0.2, 0.25) is 0 Å². The average molecular weight is 306 g/mol. The molecule has 1 fully saturated rings. The van der Waals surface area contributed by atoms with Crippen LogP contribution in [0.4, 0.5) is 0 Å². The molecule has 0 saturated carbocycles. The van der Waals surface area contributed by atoms with Crippen LogP contribution in [0.2, 0.25) is 0 Å². The maximum absolute atomic E-state index is 5.83. The van der Waals surface area contributed by atoms with Crippen molar-refractivity contribution in [3.05, 3.63) is 29.8 Å². The number of benzene rings is 1. The van der Waals surface area contributed by atoms with Gasteiger partial charge in [-0.1, -0.05) is 12.1 Å². The summed E-state index contributed by atoms with van der Waals surface area (Å²) in [5.74, 6) is 0.984. The van der Waals surface area contributed by atoms with Crippen molar-refractivity contribution in [2.24, 2.45) is 0 Å². The minimum Gasteiger partial charge on any atom is -0.494 e. The topological polar surface area (TPSA) is 24.9 Å². The second-order valence-electron chi connectivity index (χ2n) is 6.20. The molecule has 0 aromatic heterocycles. The Morgan fingerprint density at radius 2 is 2.05 bits per heavy atom. The van der Waals surface area contributed by atoms with Crippen molar-refractivity contribution < 1.29 is 9.47 Å². The van der Waals surface area contributed by atoms with Crippen LogP contribution in [0.1, 0.15) is 18.9 Å². The van der Waals surface area contributed by atoms with Crippen LogP contribution < -0.4 is 4.74 Å². The zero-order valence-electron chi connectivity index (χ0n) is 14.3. The van der Waals surface area contributed by atoms with Crippen molar-refractivity contribution >= 4 is 0 Å². The van der Waals surface area contributed by atoms with Crippen molar-refractivity contribution in [3.8, 4) is 5.75 Å². The Hall–Kier alpha value is -1.10. The van der Waals surface area contributed by atoms with E-state index in [1.165, 1.54) is 5.56 Å². The van der Waals surface area contributed by atoms with Crippen molar-refractivity contribution in [1.29, 1.82) is 0 Å². The normalized spacial score (nSPS) is 20.2. The van der Waals surface area contributed by atoms with Crippen LogP contribution in [0, 0.1) is 6.92 Å². The van der Waals surface area contributed by atoms with E-state index in [1.807, 2.05) is 12.1 Å². The Bertz CT molecular complexity index is 439. The summed E-state index contributed by atoms with van der Waals surface area (Å²) < 4.78 is 11.0. The Balaban J connectivity index is 1.62. The summed E-state index contributed by atoms with van der Waals surface area (Å²) in [4.78, 5) is 5.07. The Labute approximate surface area is 135 Å². The SMILES string of the molecule is COCCN1CCN(CCCOc2cccc(C)c2)C[C@H]1C. The number of rotatable bonds is 8. The molecule has 0 radical (unpaired) electrons. The summed E-state index contributed by atoms with van der Waals surface area (Å²) in [6.07, 6.45) is 1.08. The van der Waals surface area contributed by atoms with Crippen LogP contribution in [-0.2, 0) is 4.74 Å². The van der Waals surface area contributed by atoms with Crippen LogP contribution in [0.3, 0.4) is 0 Å². The highest BCUT2D eigenvalue weighted by molar-refractivity contribution is 5.27. The third-order valence-electron chi connectivity index (χ3n) is 4.31. The van der Waals surface area contributed by atoms with Gasteiger partial charge >= 0.3 is 0 Å². The van der Waals surface area contributed by atoms with Gasteiger partial charge in [-0.25, -0.2) is 0 Å². The molecule has 4 nitrogen and oxygen atoms in total. The Kier molecular flexibility index (Phi) is 7.16. The van der Waals surface area contributed by atoms with Crippen molar-refractivity contribution in [2.45, 2.75) is 26.3 Å². The number of aryl methyl sites for hydroxylation is 1. The smallest absolute Gasteiger partial charge is 0.119 e. The molecule has 1 aromatic rings. The predicted octanol–water partition coefficient (Wildman–Crippen LogP) is 2.42. The zero-order chi connectivity index (χ0) is 15.8. The molecule has 4 heteroatoms. The standard InChI is InChI=1S/C18H30N2O2/c1-16-6-4-7-18(14-16)22-12-5-8-19-9-10-20(11-13-21-3)17(2)15-19/h4,6-7,14,17H,5,8-13,15H2,1-3H3/t17-/m1/s1.